The second-order valence-corrected chi connectivity index (χ2v) is 10.8. The number of fused-ring (bicyclic) bond motifs is 3. The van der Waals surface area contributed by atoms with E-state index in [4.69, 9.17) is 0 Å². The number of aryl methyl sites for hydroxylation is 3. The topological polar surface area (TPSA) is 0 Å². The summed E-state index contributed by atoms with van der Waals surface area (Å²) in [5.41, 5.74) is 8.29. The molecule has 0 saturated carbocycles. The molecule has 3 aromatic rings. The Balaban J connectivity index is 1.93. The third kappa shape index (κ3) is 2.43. The van der Waals surface area contributed by atoms with E-state index in [0.29, 0.717) is 5.25 Å². The summed E-state index contributed by atoms with van der Waals surface area (Å²) < 4.78 is 0. The number of hydrogen-bond donors (Lipinski definition) is 0. The molecule has 0 N–H and O–H groups in total. The zero-order valence-electron chi connectivity index (χ0n) is 16.3. The molecule has 2 heteroatoms. The number of rotatable bonds is 2. The number of benzene rings is 2. The Morgan fingerprint density at radius 2 is 1.48 bits per heavy atom. The van der Waals surface area contributed by atoms with E-state index in [9.17, 15) is 0 Å². The highest BCUT2D eigenvalue weighted by atomic mass is 32.2. The third-order valence-electron chi connectivity index (χ3n) is 5.89. The SMILES string of the molecule is Cc1ccc2c(c1)C(C1=CCC(C)S1)(c1ccc(C)s1)c1cc(C)ccc1-2. The van der Waals surface area contributed by atoms with Crippen LogP contribution in [0.15, 0.2) is 59.5 Å². The molecule has 1 atom stereocenters. The number of allylic oxidation sites excluding steroid dienone is 2. The van der Waals surface area contributed by atoms with Crippen molar-refractivity contribution in [2.24, 2.45) is 0 Å². The van der Waals surface area contributed by atoms with Gasteiger partial charge in [-0.3, -0.25) is 0 Å². The monoisotopic (exact) mass is 388 g/mol. The average Bonchev–Trinajstić information content (AvgIpc) is 3.31. The average molecular weight is 389 g/mol. The summed E-state index contributed by atoms with van der Waals surface area (Å²) >= 11 is 4.03. The Hall–Kier alpha value is -1.77. The van der Waals surface area contributed by atoms with E-state index in [1.807, 2.05) is 11.3 Å². The van der Waals surface area contributed by atoms with Gasteiger partial charge in [-0.1, -0.05) is 60.5 Å². The van der Waals surface area contributed by atoms with E-state index in [2.05, 4.69) is 94.1 Å². The molecule has 0 saturated heterocycles. The number of hydrogen-bond acceptors (Lipinski definition) is 2. The van der Waals surface area contributed by atoms with Gasteiger partial charge in [0.2, 0.25) is 0 Å². The predicted molar refractivity (Wildman–Crippen MR) is 120 cm³/mol. The Bertz CT molecular complexity index is 1030. The molecule has 2 heterocycles. The van der Waals surface area contributed by atoms with Crippen LogP contribution >= 0.6 is 23.1 Å². The lowest BCUT2D eigenvalue weighted by Crippen LogP contribution is -2.27. The summed E-state index contributed by atoms with van der Waals surface area (Å²) in [5, 5.41) is 0.653. The molecule has 1 aliphatic heterocycles. The molecule has 1 aliphatic carbocycles. The molecule has 5 rings (SSSR count). The lowest BCUT2D eigenvalue weighted by Gasteiger charge is -2.33. The van der Waals surface area contributed by atoms with Crippen LogP contribution in [0.2, 0.25) is 0 Å². The summed E-state index contributed by atoms with van der Waals surface area (Å²) in [6, 6.07) is 18.7. The van der Waals surface area contributed by atoms with Crippen LogP contribution in [0.3, 0.4) is 0 Å². The molecule has 0 amide bonds. The molecule has 1 aromatic heterocycles. The van der Waals surface area contributed by atoms with Crippen molar-refractivity contribution in [3.63, 3.8) is 0 Å². The zero-order chi connectivity index (χ0) is 18.8. The molecule has 2 aromatic carbocycles. The van der Waals surface area contributed by atoms with Crippen LogP contribution in [0.1, 0.15) is 45.4 Å². The van der Waals surface area contributed by atoms with Gasteiger partial charge < -0.3 is 0 Å². The summed E-state index contributed by atoms with van der Waals surface area (Å²) in [7, 11) is 0. The minimum absolute atomic E-state index is 0.142. The molecule has 1 unspecified atom stereocenters. The summed E-state index contributed by atoms with van der Waals surface area (Å²) in [6.07, 6.45) is 3.67. The van der Waals surface area contributed by atoms with Crippen molar-refractivity contribution >= 4 is 23.1 Å². The number of thiophene rings is 1. The first-order valence-corrected chi connectivity index (χ1v) is 11.4. The molecule has 0 spiro atoms. The highest BCUT2D eigenvalue weighted by Gasteiger charge is 2.49. The molecule has 0 nitrogen and oxygen atoms in total. The first-order chi connectivity index (χ1) is 13.0. The molecular formula is C25H24S2. The maximum Gasteiger partial charge on any atom is 0.0862 e. The molecule has 27 heavy (non-hydrogen) atoms. The minimum atomic E-state index is -0.142. The lowest BCUT2D eigenvalue weighted by atomic mass is 9.75. The summed E-state index contributed by atoms with van der Waals surface area (Å²) in [4.78, 5) is 4.37. The van der Waals surface area contributed by atoms with Crippen molar-refractivity contribution in [3.05, 3.63) is 91.5 Å². The van der Waals surface area contributed by atoms with E-state index in [-0.39, 0.29) is 5.41 Å². The Morgan fingerprint density at radius 3 is 1.96 bits per heavy atom. The largest absolute Gasteiger partial charge is 0.144 e. The third-order valence-corrected chi connectivity index (χ3v) is 8.33. The van der Waals surface area contributed by atoms with Crippen molar-refractivity contribution in [2.75, 3.05) is 0 Å². The second-order valence-electron chi connectivity index (χ2n) is 7.99. The van der Waals surface area contributed by atoms with Crippen molar-refractivity contribution in [3.8, 4) is 11.1 Å². The van der Waals surface area contributed by atoms with Crippen LogP contribution in [0, 0.1) is 20.8 Å². The first-order valence-electron chi connectivity index (χ1n) is 9.67. The van der Waals surface area contributed by atoms with Gasteiger partial charge in [0.25, 0.3) is 0 Å². The maximum atomic E-state index is 2.51. The van der Waals surface area contributed by atoms with Crippen molar-refractivity contribution in [1.29, 1.82) is 0 Å². The van der Waals surface area contributed by atoms with Gasteiger partial charge in [0, 0.05) is 19.9 Å². The molecule has 2 aliphatic rings. The highest BCUT2D eigenvalue weighted by molar-refractivity contribution is 8.04. The quantitative estimate of drug-likeness (QED) is 0.441. The van der Waals surface area contributed by atoms with Crippen LogP contribution in [0.25, 0.3) is 11.1 Å². The zero-order valence-corrected chi connectivity index (χ0v) is 17.9. The van der Waals surface area contributed by atoms with Crippen LogP contribution in [0.5, 0.6) is 0 Å². The fourth-order valence-corrected chi connectivity index (χ4v) is 7.16. The van der Waals surface area contributed by atoms with Gasteiger partial charge in [0.15, 0.2) is 0 Å². The van der Waals surface area contributed by atoms with Gasteiger partial charge in [0.1, 0.15) is 0 Å². The normalized spacial score (nSPS) is 19.7. The summed E-state index contributed by atoms with van der Waals surface area (Å²) in [6.45, 7) is 9.02. The van der Waals surface area contributed by atoms with E-state index in [0.717, 1.165) is 6.42 Å². The van der Waals surface area contributed by atoms with E-state index < -0.39 is 0 Å². The van der Waals surface area contributed by atoms with Crippen LogP contribution in [-0.2, 0) is 5.41 Å². The molecule has 0 bridgehead atoms. The Morgan fingerprint density at radius 1 is 0.852 bits per heavy atom. The fourth-order valence-electron chi connectivity index (χ4n) is 4.67. The number of thioether (sulfide) groups is 1. The van der Waals surface area contributed by atoms with Gasteiger partial charge in [-0.15, -0.1) is 23.1 Å². The van der Waals surface area contributed by atoms with Crippen LogP contribution in [0.4, 0.5) is 0 Å². The Labute approximate surface area is 170 Å². The van der Waals surface area contributed by atoms with Gasteiger partial charge in [0.05, 0.1) is 5.41 Å². The van der Waals surface area contributed by atoms with E-state index in [1.165, 1.54) is 48.0 Å². The summed E-state index contributed by atoms with van der Waals surface area (Å²) in [5.74, 6) is 0. The van der Waals surface area contributed by atoms with Gasteiger partial charge in [-0.2, -0.15) is 0 Å². The molecule has 0 fully saturated rings. The van der Waals surface area contributed by atoms with Crippen molar-refractivity contribution in [1.82, 2.24) is 0 Å². The molecular weight excluding hydrogens is 364 g/mol. The first kappa shape index (κ1) is 17.3. The Kier molecular flexibility index (Phi) is 3.93. The van der Waals surface area contributed by atoms with Gasteiger partial charge >= 0.3 is 0 Å². The fraction of sp³-hybridized carbons (Fsp3) is 0.280. The lowest BCUT2D eigenvalue weighted by molar-refractivity contribution is 0.807. The van der Waals surface area contributed by atoms with Crippen molar-refractivity contribution < 1.29 is 0 Å². The standard InChI is InChI=1S/C25H24S2/c1-15-5-9-19-20-10-6-16(2)14-22(20)25(21(19)13-15,23-11-7-17(3)26-23)24-12-8-18(4)27-24/h5-7,9-14,18H,8H2,1-4H3. The van der Waals surface area contributed by atoms with Gasteiger partial charge in [-0.05, 0) is 61.6 Å². The maximum absolute atomic E-state index is 2.51. The van der Waals surface area contributed by atoms with Gasteiger partial charge in [-0.25, -0.2) is 0 Å². The van der Waals surface area contributed by atoms with Crippen LogP contribution < -0.4 is 0 Å². The van der Waals surface area contributed by atoms with Crippen molar-refractivity contribution in [2.45, 2.75) is 44.8 Å². The minimum Gasteiger partial charge on any atom is -0.144 e. The molecule has 0 radical (unpaired) electrons. The second kappa shape index (κ2) is 6.12. The predicted octanol–water partition coefficient (Wildman–Crippen LogP) is 7.40. The van der Waals surface area contributed by atoms with E-state index >= 15 is 0 Å². The van der Waals surface area contributed by atoms with E-state index in [1.54, 1.807) is 0 Å². The molecule has 136 valence electrons. The van der Waals surface area contributed by atoms with Crippen LogP contribution in [-0.4, -0.2) is 5.25 Å². The highest BCUT2D eigenvalue weighted by Crippen LogP contribution is 2.61. The smallest absolute Gasteiger partial charge is 0.0862 e.